The standard InChI is InChI=1S/C26H31N5O4S/c1-16-7-4-5-8-19(16)25(32)29-22-10-11-23(20-9-6-13-28-24(20)22)36(34,35)30-21-12-14-31(15-17(21)2)26(33)18(3)27/h4-11,13,17-18,21,30H,12,14-15,27H2,1-3H3,(H,29,32)/t17?,18-,21?/m1/s1. The molecule has 1 fully saturated rings. The maximum atomic E-state index is 13.5. The molecule has 0 aliphatic carbocycles. The van der Waals surface area contributed by atoms with Crippen LogP contribution < -0.4 is 15.8 Å². The van der Waals surface area contributed by atoms with E-state index in [0.717, 1.165) is 5.56 Å². The number of likely N-dealkylation sites (tertiary alicyclic amines) is 1. The maximum Gasteiger partial charge on any atom is 0.255 e. The third kappa shape index (κ3) is 5.25. The zero-order valence-corrected chi connectivity index (χ0v) is 21.4. The van der Waals surface area contributed by atoms with Crippen molar-refractivity contribution in [3.05, 3.63) is 65.9 Å². The van der Waals surface area contributed by atoms with E-state index in [-0.39, 0.29) is 28.7 Å². The van der Waals surface area contributed by atoms with Crippen molar-refractivity contribution in [2.24, 2.45) is 11.7 Å². The molecule has 2 amide bonds. The number of rotatable bonds is 6. The summed E-state index contributed by atoms with van der Waals surface area (Å²) in [5, 5.41) is 3.28. The minimum Gasteiger partial charge on any atom is -0.341 e. The van der Waals surface area contributed by atoms with Gasteiger partial charge in [0.1, 0.15) is 0 Å². The molecule has 4 N–H and O–H groups in total. The largest absolute Gasteiger partial charge is 0.341 e. The molecule has 1 aromatic heterocycles. The van der Waals surface area contributed by atoms with Crippen molar-refractivity contribution in [1.29, 1.82) is 0 Å². The van der Waals surface area contributed by atoms with Gasteiger partial charge in [-0.1, -0.05) is 25.1 Å². The number of nitrogens with zero attached hydrogens (tertiary/aromatic N) is 2. The summed E-state index contributed by atoms with van der Waals surface area (Å²) in [6.45, 7) is 6.28. The first-order valence-electron chi connectivity index (χ1n) is 11.9. The molecule has 1 saturated heterocycles. The lowest BCUT2D eigenvalue weighted by Crippen LogP contribution is -2.54. The smallest absolute Gasteiger partial charge is 0.255 e. The molecule has 0 bridgehead atoms. The van der Waals surface area contributed by atoms with Gasteiger partial charge in [0.15, 0.2) is 0 Å². The number of fused-ring (bicyclic) bond motifs is 1. The summed E-state index contributed by atoms with van der Waals surface area (Å²) in [5.74, 6) is -0.521. The zero-order valence-electron chi connectivity index (χ0n) is 20.6. The summed E-state index contributed by atoms with van der Waals surface area (Å²) in [5.41, 5.74) is 7.89. The van der Waals surface area contributed by atoms with E-state index < -0.39 is 16.1 Å². The molecular formula is C26H31N5O4S. The number of nitrogens with two attached hydrogens (primary N) is 1. The lowest BCUT2D eigenvalue weighted by atomic mass is 9.94. The fourth-order valence-corrected chi connectivity index (χ4v) is 6.15. The van der Waals surface area contributed by atoms with E-state index >= 15 is 0 Å². The Bertz CT molecular complexity index is 1410. The fraction of sp³-hybridized carbons (Fsp3) is 0.346. The van der Waals surface area contributed by atoms with Crippen LogP contribution in [0.15, 0.2) is 59.6 Å². The molecule has 2 unspecified atom stereocenters. The molecule has 3 atom stereocenters. The van der Waals surface area contributed by atoms with E-state index in [1.165, 1.54) is 6.07 Å². The van der Waals surface area contributed by atoms with Gasteiger partial charge in [0, 0.05) is 36.3 Å². The van der Waals surface area contributed by atoms with Crippen LogP contribution in [0.2, 0.25) is 0 Å². The van der Waals surface area contributed by atoms with Crippen molar-refractivity contribution < 1.29 is 18.0 Å². The van der Waals surface area contributed by atoms with E-state index in [4.69, 9.17) is 5.73 Å². The van der Waals surface area contributed by atoms with Gasteiger partial charge in [0.2, 0.25) is 15.9 Å². The Kier molecular flexibility index (Phi) is 7.39. The van der Waals surface area contributed by atoms with Crippen LogP contribution >= 0.6 is 0 Å². The molecule has 1 aliphatic heterocycles. The molecule has 2 heterocycles. The second-order valence-corrected chi connectivity index (χ2v) is 11.0. The van der Waals surface area contributed by atoms with Crippen molar-refractivity contribution in [3.8, 4) is 0 Å². The van der Waals surface area contributed by atoms with Crippen molar-refractivity contribution in [3.63, 3.8) is 0 Å². The average molecular weight is 510 g/mol. The number of hydrogen-bond donors (Lipinski definition) is 3. The molecule has 3 aromatic rings. The van der Waals surface area contributed by atoms with Gasteiger partial charge in [-0.25, -0.2) is 13.1 Å². The molecule has 9 nitrogen and oxygen atoms in total. The summed E-state index contributed by atoms with van der Waals surface area (Å²) >= 11 is 0. The third-order valence-electron chi connectivity index (χ3n) is 6.57. The Labute approximate surface area is 211 Å². The highest BCUT2D eigenvalue weighted by Gasteiger charge is 2.33. The number of aromatic nitrogens is 1. The second kappa shape index (κ2) is 10.3. The molecule has 0 spiro atoms. The lowest BCUT2D eigenvalue weighted by molar-refractivity contribution is -0.134. The van der Waals surface area contributed by atoms with Gasteiger partial charge >= 0.3 is 0 Å². The van der Waals surface area contributed by atoms with E-state index in [1.54, 1.807) is 48.4 Å². The van der Waals surface area contributed by atoms with Crippen molar-refractivity contribution in [2.45, 2.75) is 44.2 Å². The molecule has 0 radical (unpaired) electrons. The first-order chi connectivity index (χ1) is 17.1. The van der Waals surface area contributed by atoms with E-state index in [9.17, 15) is 18.0 Å². The minimum atomic E-state index is -3.91. The highest BCUT2D eigenvalue weighted by molar-refractivity contribution is 7.89. The summed E-state index contributed by atoms with van der Waals surface area (Å²) < 4.78 is 29.7. The molecule has 190 valence electrons. The Hall–Kier alpha value is -3.34. The molecule has 0 saturated carbocycles. The molecule has 10 heteroatoms. The van der Waals surface area contributed by atoms with Gasteiger partial charge < -0.3 is 16.0 Å². The number of hydrogen-bond acceptors (Lipinski definition) is 6. The highest BCUT2D eigenvalue weighted by atomic mass is 32.2. The highest BCUT2D eigenvalue weighted by Crippen LogP contribution is 2.29. The van der Waals surface area contributed by atoms with Crippen LogP contribution in [-0.4, -0.2) is 55.3 Å². The summed E-state index contributed by atoms with van der Waals surface area (Å²) in [6.07, 6.45) is 2.04. The zero-order chi connectivity index (χ0) is 26.0. The number of sulfonamides is 1. The quantitative estimate of drug-likeness (QED) is 0.468. The van der Waals surface area contributed by atoms with Gasteiger partial charge in [-0.3, -0.25) is 14.6 Å². The van der Waals surface area contributed by atoms with Crippen LogP contribution in [0.4, 0.5) is 5.69 Å². The first kappa shape index (κ1) is 25.7. The predicted octanol–water partition coefficient (Wildman–Crippen LogP) is 2.66. The SMILES string of the molecule is Cc1ccccc1C(=O)Nc1ccc(S(=O)(=O)NC2CCN(C(=O)[C@@H](C)N)CC2C)c2cccnc12. The van der Waals surface area contributed by atoms with Gasteiger partial charge in [-0.15, -0.1) is 0 Å². The van der Waals surface area contributed by atoms with Crippen molar-refractivity contribution in [1.82, 2.24) is 14.6 Å². The number of carbonyl (C=O) groups excluding carboxylic acids is 2. The van der Waals surface area contributed by atoms with Gasteiger partial charge in [0.25, 0.3) is 5.91 Å². The third-order valence-corrected chi connectivity index (χ3v) is 8.12. The number of aryl methyl sites for hydroxylation is 1. The number of amides is 2. The number of pyridine rings is 1. The number of piperidine rings is 1. The van der Waals surface area contributed by atoms with Crippen LogP contribution in [0.1, 0.15) is 36.2 Å². The normalized spacial score (nSPS) is 19.2. The summed E-state index contributed by atoms with van der Waals surface area (Å²) in [6, 6.07) is 12.7. The maximum absolute atomic E-state index is 13.5. The monoisotopic (exact) mass is 509 g/mol. The van der Waals surface area contributed by atoms with E-state index in [0.29, 0.717) is 41.7 Å². The van der Waals surface area contributed by atoms with E-state index in [2.05, 4.69) is 15.0 Å². The number of carbonyl (C=O) groups is 2. The Morgan fingerprint density at radius 1 is 1.14 bits per heavy atom. The van der Waals surface area contributed by atoms with Gasteiger partial charge in [0.05, 0.1) is 22.1 Å². The predicted molar refractivity (Wildman–Crippen MR) is 139 cm³/mol. The summed E-state index contributed by atoms with van der Waals surface area (Å²) in [7, 11) is -3.91. The number of benzene rings is 2. The van der Waals surface area contributed by atoms with Crippen LogP contribution in [-0.2, 0) is 14.8 Å². The molecule has 4 rings (SSSR count). The molecule has 1 aliphatic rings. The summed E-state index contributed by atoms with van der Waals surface area (Å²) in [4.78, 5) is 31.3. The van der Waals surface area contributed by atoms with Gasteiger partial charge in [-0.2, -0.15) is 0 Å². The molecule has 36 heavy (non-hydrogen) atoms. The topological polar surface area (TPSA) is 134 Å². The Morgan fingerprint density at radius 3 is 2.58 bits per heavy atom. The number of nitrogens with one attached hydrogen (secondary N) is 2. The molecule has 2 aromatic carbocycles. The van der Waals surface area contributed by atoms with Crippen LogP contribution in [0.25, 0.3) is 10.9 Å². The molecular weight excluding hydrogens is 478 g/mol. The van der Waals surface area contributed by atoms with Crippen molar-refractivity contribution >= 4 is 38.4 Å². The van der Waals surface area contributed by atoms with Crippen LogP contribution in [0.5, 0.6) is 0 Å². The fourth-order valence-electron chi connectivity index (χ4n) is 4.57. The van der Waals surface area contributed by atoms with Crippen LogP contribution in [0.3, 0.4) is 0 Å². The first-order valence-corrected chi connectivity index (χ1v) is 13.4. The van der Waals surface area contributed by atoms with Gasteiger partial charge in [-0.05, 0) is 62.1 Å². The Balaban J connectivity index is 1.58. The minimum absolute atomic E-state index is 0.0841. The number of anilines is 1. The average Bonchev–Trinajstić information content (AvgIpc) is 2.85. The Morgan fingerprint density at radius 2 is 1.89 bits per heavy atom. The lowest BCUT2D eigenvalue weighted by Gasteiger charge is -2.37. The van der Waals surface area contributed by atoms with E-state index in [1.807, 2.05) is 26.0 Å². The second-order valence-electron chi connectivity index (χ2n) is 9.35. The van der Waals surface area contributed by atoms with Crippen molar-refractivity contribution in [2.75, 3.05) is 18.4 Å². The van der Waals surface area contributed by atoms with Crippen LogP contribution in [0, 0.1) is 12.8 Å².